The molecule has 0 radical (unpaired) electrons. The first-order chi connectivity index (χ1) is 7.06. The van der Waals surface area contributed by atoms with Crippen molar-refractivity contribution >= 4 is 0 Å². The first-order valence-corrected chi connectivity index (χ1v) is 5.03. The molecule has 5 nitrogen and oxygen atoms in total. The van der Waals surface area contributed by atoms with Crippen molar-refractivity contribution in [3.05, 3.63) is 11.4 Å². The summed E-state index contributed by atoms with van der Waals surface area (Å²) in [6, 6.07) is 2.07. The van der Waals surface area contributed by atoms with Crippen LogP contribution >= 0.6 is 0 Å². The van der Waals surface area contributed by atoms with Gasteiger partial charge in [0.2, 0.25) is 0 Å². The third-order valence-electron chi connectivity index (χ3n) is 2.08. The van der Waals surface area contributed by atoms with Crippen molar-refractivity contribution < 1.29 is 5.11 Å². The van der Waals surface area contributed by atoms with E-state index in [1.165, 1.54) is 0 Å². The van der Waals surface area contributed by atoms with Crippen LogP contribution in [0.3, 0.4) is 0 Å². The van der Waals surface area contributed by atoms with Crippen LogP contribution in [0.25, 0.3) is 0 Å². The number of aliphatic hydroxyl groups excluding tert-OH is 1. The van der Waals surface area contributed by atoms with Gasteiger partial charge in [-0.3, -0.25) is 0 Å². The third-order valence-corrected chi connectivity index (χ3v) is 2.08. The standard InChI is InChI=1S/C10H16N4O/c1-7(2)10-9(4-5-11)12-13-14(10)6-8(3)15/h7-8,15H,4,6H2,1-3H3. The Kier molecular flexibility index (Phi) is 3.81. The van der Waals surface area contributed by atoms with Gasteiger partial charge in [-0.15, -0.1) is 5.10 Å². The molecular formula is C10H16N4O. The number of hydrogen-bond acceptors (Lipinski definition) is 4. The third kappa shape index (κ3) is 2.77. The summed E-state index contributed by atoms with van der Waals surface area (Å²) in [6.07, 6.45) is -0.188. The first-order valence-electron chi connectivity index (χ1n) is 5.03. The van der Waals surface area contributed by atoms with Crippen LogP contribution < -0.4 is 0 Å². The van der Waals surface area contributed by atoms with Crippen molar-refractivity contribution in [2.24, 2.45) is 0 Å². The lowest BCUT2D eigenvalue weighted by molar-refractivity contribution is 0.165. The average molecular weight is 208 g/mol. The summed E-state index contributed by atoms with van der Waals surface area (Å²) in [4.78, 5) is 0. The maximum absolute atomic E-state index is 9.30. The van der Waals surface area contributed by atoms with E-state index in [1.54, 1.807) is 11.6 Å². The van der Waals surface area contributed by atoms with Gasteiger partial charge in [0.1, 0.15) is 5.69 Å². The second kappa shape index (κ2) is 4.89. The minimum absolute atomic E-state index is 0.252. The molecule has 0 bridgehead atoms. The minimum Gasteiger partial charge on any atom is -0.391 e. The quantitative estimate of drug-likeness (QED) is 0.796. The molecule has 0 aliphatic heterocycles. The van der Waals surface area contributed by atoms with Crippen LogP contribution in [0.5, 0.6) is 0 Å². The highest BCUT2D eigenvalue weighted by Gasteiger charge is 2.16. The van der Waals surface area contributed by atoms with Crippen molar-refractivity contribution in [2.75, 3.05) is 0 Å². The van der Waals surface area contributed by atoms with E-state index in [4.69, 9.17) is 5.26 Å². The van der Waals surface area contributed by atoms with Gasteiger partial charge in [0.05, 0.1) is 30.8 Å². The predicted octanol–water partition coefficient (Wildman–Crippen LogP) is 0.848. The lowest BCUT2D eigenvalue weighted by Crippen LogP contribution is -2.16. The number of rotatable bonds is 4. The number of aliphatic hydroxyl groups is 1. The molecule has 0 aromatic carbocycles. The molecule has 82 valence electrons. The molecule has 1 atom stereocenters. The van der Waals surface area contributed by atoms with Gasteiger partial charge in [-0.1, -0.05) is 19.1 Å². The predicted molar refractivity (Wildman–Crippen MR) is 55.1 cm³/mol. The molecule has 15 heavy (non-hydrogen) atoms. The largest absolute Gasteiger partial charge is 0.391 e. The molecule has 0 saturated heterocycles. The summed E-state index contributed by atoms with van der Waals surface area (Å²) in [5, 5.41) is 25.8. The van der Waals surface area contributed by atoms with Crippen molar-refractivity contribution in [1.29, 1.82) is 5.26 Å². The van der Waals surface area contributed by atoms with E-state index in [0.717, 1.165) is 5.69 Å². The molecule has 5 heteroatoms. The Balaban J connectivity index is 3.02. The van der Waals surface area contributed by atoms with E-state index < -0.39 is 6.10 Å². The Hall–Kier alpha value is -1.41. The summed E-state index contributed by atoms with van der Waals surface area (Å²) in [5.74, 6) is 0.252. The molecule has 1 unspecified atom stereocenters. The fourth-order valence-corrected chi connectivity index (χ4v) is 1.57. The molecular weight excluding hydrogens is 192 g/mol. The van der Waals surface area contributed by atoms with Crippen LogP contribution in [0, 0.1) is 11.3 Å². The Labute approximate surface area is 89.3 Å². The zero-order valence-corrected chi connectivity index (χ0v) is 9.30. The van der Waals surface area contributed by atoms with Gasteiger partial charge in [0.15, 0.2) is 0 Å². The smallest absolute Gasteiger partial charge is 0.100 e. The van der Waals surface area contributed by atoms with Crippen LogP contribution in [-0.2, 0) is 13.0 Å². The van der Waals surface area contributed by atoms with Crippen molar-refractivity contribution in [1.82, 2.24) is 15.0 Å². The number of nitrogens with zero attached hydrogens (tertiary/aromatic N) is 4. The van der Waals surface area contributed by atoms with E-state index >= 15 is 0 Å². The molecule has 0 amide bonds. The Bertz CT molecular complexity index is 362. The Morgan fingerprint density at radius 2 is 2.13 bits per heavy atom. The van der Waals surface area contributed by atoms with E-state index in [9.17, 15) is 5.11 Å². The van der Waals surface area contributed by atoms with Gasteiger partial charge >= 0.3 is 0 Å². The lowest BCUT2D eigenvalue weighted by atomic mass is 10.1. The molecule has 0 saturated carbocycles. The summed E-state index contributed by atoms with van der Waals surface area (Å²) in [5.41, 5.74) is 1.66. The summed E-state index contributed by atoms with van der Waals surface area (Å²) >= 11 is 0. The molecule has 1 heterocycles. The highest BCUT2D eigenvalue weighted by Crippen LogP contribution is 2.18. The lowest BCUT2D eigenvalue weighted by Gasteiger charge is -2.11. The van der Waals surface area contributed by atoms with Gasteiger partial charge in [-0.2, -0.15) is 5.26 Å². The van der Waals surface area contributed by atoms with E-state index in [1.807, 2.05) is 13.8 Å². The van der Waals surface area contributed by atoms with Crippen molar-refractivity contribution in [3.8, 4) is 6.07 Å². The molecule has 0 fully saturated rings. The molecule has 0 aliphatic rings. The number of aromatic nitrogens is 3. The monoisotopic (exact) mass is 208 g/mol. The van der Waals surface area contributed by atoms with E-state index in [-0.39, 0.29) is 12.3 Å². The Morgan fingerprint density at radius 1 is 1.47 bits per heavy atom. The summed E-state index contributed by atoms with van der Waals surface area (Å²) in [7, 11) is 0. The van der Waals surface area contributed by atoms with Crippen LogP contribution in [0.2, 0.25) is 0 Å². The van der Waals surface area contributed by atoms with Crippen LogP contribution in [-0.4, -0.2) is 26.2 Å². The highest BCUT2D eigenvalue weighted by atomic mass is 16.3. The number of hydrogen-bond donors (Lipinski definition) is 1. The molecule has 1 aromatic heterocycles. The number of nitriles is 1. The molecule has 1 N–H and O–H groups in total. The molecule has 1 aromatic rings. The molecule has 1 rings (SSSR count). The fourth-order valence-electron chi connectivity index (χ4n) is 1.57. The second-order valence-electron chi connectivity index (χ2n) is 3.94. The van der Waals surface area contributed by atoms with Crippen LogP contribution in [0.15, 0.2) is 0 Å². The topological polar surface area (TPSA) is 74.7 Å². The average Bonchev–Trinajstić information content (AvgIpc) is 2.47. The van der Waals surface area contributed by atoms with Gasteiger partial charge < -0.3 is 5.11 Å². The zero-order valence-electron chi connectivity index (χ0n) is 9.30. The second-order valence-corrected chi connectivity index (χ2v) is 3.94. The molecule has 0 aliphatic carbocycles. The minimum atomic E-state index is -0.459. The normalized spacial score (nSPS) is 12.8. The van der Waals surface area contributed by atoms with Crippen LogP contribution in [0.1, 0.15) is 38.1 Å². The Morgan fingerprint density at radius 3 is 2.60 bits per heavy atom. The fraction of sp³-hybridized carbons (Fsp3) is 0.700. The summed E-state index contributed by atoms with van der Waals surface area (Å²) < 4.78 is 1.68. The van der Waals surface area contributed by atoms with Gasteiger partial charge in [0, 0.05) is 0 Å². The maximum Gasteiger partial charge on any atom is 0.100 e. The van der Waals surface area contributed by atoms with E-state index in [2.05, 4.69) is 16.4 Å². The molecule has 0 spiro atoms. The first kappa shape index (κ1) is 11.7. The SMILES string of the molecule is CC(O)Cn1nnc(CC#N)c1C(C)C. The highest BCUT2D eigenvalue weighted by molar-refractivity contribution is 5.17. The van der Waals surface area contributed by atoms with Crippen molar-refractivity contribution in [2.45, 2.75) is 45.8 Å². The summed E-state index contributed by atoms with van der Waals surface area (Å²) in [6.45, 7) is 6.18. The van der Waals surface area contributed by atoms with Crippen LogP contribution in [0.4, 0.5) is 0 Å². The maximum atomic E-state index is 9.30. The van der Waals surface area contributed by atoms with Gasteiger partial charge in [-0.05, 0) is 12.8 Å². The van der Waals surface area contributed by atoms with Crippen molar-refractivity contribution in [3.63, 3.8) is 0 Å². The van der Waals surface area contributed by atoms with Gasteiger partial charge in [-0.25, -0.2) is 4.68 Å². The van der Waals surface area contributed by atoms with Gasteiger partial charge in [0.25, 0.3) is 0 Å². The zero-order chi connectivity index (χ0) is 11.4. The van der Waals surface area contributed by atoms with E-state index in [0.29, 0.717) is 12.2 Å².